The van der Waals surface area contributed by atoms with E-state index in [1.54, 1.807) is 17.0 Å². The molecule has 0 bridgehead atoms. The van der Waals surface area contributed by atoms with Crippen molar-refractivity contribution in [2.45, 2.75) is 32.1 Å². The Hall–Kier alpha value is -2.63. The van der Waals surface area contributed by atoms with E-state index in [1.807, 2.05) is 18.2 Å². The highest BCUT2D eigenvalue weighted by molar-refractivity contribution is 6.06. The van der Waals surface area contributed by atoms with Gasteiger partial charge in [0.05, 0.1) is 5.69 Å². The van der Waals surface area contributed by atoms with E-state index >= 15 is 0 Å². The number of aromatic nitrogens is 2. The first kappa shape index (κ1) is 15.9. The summed E-state index contributed by atoms with van der Waals surface area (Å²) in [7, 11) is 0. The van der Waals surface area contributed by atoms with Gasteiger partial charge in [-0.3, -0.25) is 4.79 Å². The quantitative estimate of drug-likeness (QED) is 0.912. The zero-order valence-electron chi connectivity index (χ0n) is 14.4. The molecule has 1 amide bonds. The molecule has 1 saturated heterocycles. The molecule has 2 aromatic rings. The van der Waals surface area contributed by atoms with Crippen LogP contribution in [0.1, 0.15) is 48.2 Å². The van der Waals surface area contributed by atoms with Crippen LogP contribution in [-0.2, 0) is 0 Å². The number of fused-ring (bicyclic) bond motifs is 1. The number of aromatic hydroxyl groups is 1. The number of carbonyl (C=O) groups is 1. The first-order valence-corrected chi connectivity index (χ1v) is 8.87. The van der Waals surface area contributed by atoms with Gasteiger partial charge in [0.1, 0.15) is 5.75 Å². The molecule has 1 aromatic heterocycles. The number of para-hydroxylation sites is 1. The number of anilines is 2. The van der Waals surface area contributed by atoms with Crippen molar-refractivity contribution < 1.29 is 9.90 Å². The number of nitrogens with zero attached hydrogens (tertiary/aromatic N) is 4. The molecule has 25 heavy (non-hydrogen) atoms. The molecule has 0 radical (unpaired) electrons. The van der Waals surface area contributed by atoms with Crippen LogP contribution >= 0.6 is 0 Å². The van der Waals surface area contributed by atoms with Gasteiger partial charge >= 0.3 is 0 Å². The standard InChI is InChI=1S/C19H22N4O2/c1-13-9-12-23(18-14(13)5-4-6-16(18)24)19(25)15-7-8-17(21-20-15)22-10-2-3-11-22/h4-8,13,24H,2-3,9-12H2,1H3/t13-/m1/s1. The minimum absolute atomic E-state index is 0.138. The highest BCUT2D eigenvalue weighted by atomic mass is 16.3. The summed E-state index contributed by atoms with van der Waals surface area (Å²) in [6, 6.07) is 9.02. The Morgan fingerprint density at radius 2 is 1.92 bits per heavy atom. The van der Waals surface area contributed by atoms with Gasteiger partial charge in [-0.05, 0) is 48.9 Å². The van der Waals surface area contributed by atoms with Crippen LogP contribution in [0.5, 0.6) is 5.75 Å². The third kappa shape index (κ3) is 2.81. The molecule has 0 saturated carbocycles. The molecule has 6 nitrogen and oxygen atoms in total. The van der Waals surface area contributed by atoms with Crippen LogP contribution < -0.4 is 9.80 Å². The number of hydrogen-bond donors (Lipinski definition) is 1. The molecule has 2 aliphatic rings. The van der Waals surface area contributed by atoms with E-state index in [0.717, 1.165) is 30.9 Å². The van der Waals surface area contributed by atoms with Crippen LogP contribution in [0.4, 0.5) is 11.5 Å². The van der Waals surface area contributed by atoms with E-state index in [9.17, 15) is 9.90 Å². The summed E-state index contributed by atoms with van der Waals surface area (Å²) in [4.78, 5) is 16.8. The Balaban J connectivity index is 1.62. The van der Waals surface area contributed by atoms with Crippen LogP contribution in [-0.4, -0.2) is 40.8 Å². The molecule has 3 heterocycles. The fraction of sp³-hybridized carbons (Fsp3) is 0.421. The van der Waals surface area contributed by atoms with Gasteiger partial charge in [0, 0.05) is 19.6 Å². The van der Waals surface area contributed by atoms with E-state index in [0.29, 0.717) is 23.8 Å². The minimum atomic E-state index is -0.213. The summed E-state index contributed by atoms with van der Waals surface area (Å²) in [5.74, 6) is 1.06. The highest BCUT2D eigenvalue weighted by Gasteiger charge is 2.30. The summed E-state index contributed by atoms with van der Waals surface area (Å²) in [6.07, 6.45) is 3.20. The van der Waals surface area contributed by atoms with Gasteiger partial charge in [0.15, 0.2) is 11.5 Å². The fourth-order valence-electron chi connectivity index (χ4n) is 3.73. The van der Waals surface area contributed by atoms with Crippen molar-refractivity contribution in [3.05, 3.63) is 41.6 Å². The summed E-state index contributed by atoms with van der Waals surface area (Å²) in [6.45, 7) is 4.67. The molecule has 0 spiro atoms. The lowest BCUT2D eigenvalue weighted by molar-refractivity contribution is 0.0978. The predicted octanol–water partition coefficient (Wildman–Crippen LogP) is 2.94. The van der Waals surface area contributed by atoms with Crippen molar-refractivity contribution in [2.24, 2.45) is 0 Å². The lowest BCUT2D eigenvalue weighted by Crippen LogP contribution is -2.37. The van der Waals surface area contributed by atoms with Crippen LogP contribution in [0, 0.1) is 0 Å². The number of phenolic OH excluding ortho intramolecular Hbond substituents is 1. The maximum atomic E-state index is 13.0. The van der Waals surface area contributed by atoms with Crippen molar-refractivity contribution in [2.75, 3.05) is 29.4 Å². The van der Waals surface area contributed by atoms with E-state index in [4.69, 9.17) is 0 Å². The topological polar surface area (TPSA) is 69.6 Å². The first-order chi connectivity index (χ1) is 12.1. The maximum Gasteiger partial charge on any atom is 0.278 e. The average Bonchev–Trinajstić information content (AvgIpc) is 3.17. The third-order valence-corrected chi connectivity index (χ3v) is 5.18. The molecular formula is C19H22N4O2. The van der Waals surface area contributed by atoms with Gasteiger partial charge in [-0.25, -0.2) is 0 Å². The van der Waals surface area contributed by atoms with E-state index in [1.165, 1.54) is 12.8 Å². The highest BCUT2D eigenvalue weighted by Crippen LogP contribution is 2.41. The summed E-state index contributed by atoms with van der Waals surface area (Å²) in [5.41, 5.74) is 1.92. The lowest BCUT2D eigenvalue weighted by atomic mass is 9.91. The molecule has 4 rings (SSSR count). The average molecular weight is 338 g/mol. The zero-order valence-corrected chi connectivity index (χ0v) is 14.4. The Labute approximate surface area is 147 Å². The fourth-order valence-corrected chi connectivity index (χ4v) is 3.73. The molecule has 1 aromatic carbocycles. The van der Waals surface area contributed by atoms with Crippen LogP contribution in [0.15, 0.2) is 30.3 Å². The van der Waals surface area contributed by atoms with Crippen LogP contribution in [0.25, 0.3) is 0 Å². The number of phenols is 1. The molecule has 130 valence electrons. The third-order valence-electron chi connectivity index (χ3n) is 5.18. The Kier molecular flexibility index (Phi) is 4.03. The number of carbonyl (C=O) groups excluding carboxylic acids is 1. The predicted molar refractivity (Wildman–Crippen MR) is 96.3 cm³/mol. The molecule has 2 aliphatic heterocycles. The molecule has 1 fully saturated rings. The molecule has 1 atom stereocenters. The first-order valence-electron chi connectivity index (χ1n) is 8.87. The van der Waals surface area contributed by atoms with Gasteiger partial charge in [-0.2, -0.15) is 0 Å². The van der Waals surface area contributed by atoms with E-state index < -0.39 is 0 Å². The normalized spacial score (nSPS) is 19.8. The monoisotopic (exact) mass is 338 g/mol. The van der Waals surface area contributed by atoms with Crippen LogP contribution in [0.2, 0.25) is 0 Å². The molecule has 0 aliphatic carbocycles. The van der Waals surface area contributed by atoms with Crippen molar-refractivity contribution in [1.82, 2.24) is 10.2 Å². The van der Waals surface area contributed by atoms with E-state index in [-0.39, 0.29) is 11.7 Å². The number of benzene rings is 1. The SMILES string of the molecule is C[C@@H]1CCN(C(=O)c2ccc(N3CCCC3)nn2)c2c(O)cccc21. The molecule has 6 heteroatoms. The second-order valence-electron chi connectivity index (χ2n) is 6.83. The van der Waals surface area contributed by atoms with Crippen molar-refractivity contribution in [3.8, 4) is 5.75 Å². The van der Waals surface area contributed by atoms with Gasteiger partial charge in [-0.1, -0.05) is 19.1 Å². The lowest BCUT2D eigenvalue weighted by Gasteiger charge is -2.33. The number of hydrogen-bond acceptors (Lipinski definition) is 5. The Morgan fingerprint density at radius 1 is 1.12 bits per heavy atom. The van der Waals surface area contributed by atoms with Gasteiger partial charge in [0.2, 0.25) is 0 Å². The zero-order chi connectivity index (χ0) is 17.4. The number of rotatable bonds is 2. The van der Waals surface area contributed by atoms with Gasteiger partial charge in [-0.15, -0.1) is 10.2 Å². The van der Waals surface area contributed by atoms with Gasteiger partial charge in [0.25, 0.3) is 5.91 Å². The summed E-state index contributed by atoms with van der Waals surface area (Å²) < 4.78 is 0. The summed E-state index contributed by atoms with van der Waals surface area (Å²) in [5, 5.41) is 18.7. The largest absolute Gasteiger partial charge is 0.506 e. The maximum absolute atomic E-state index is 13.0. The van der Waals surface area contributed by atoms with Crippen molar-refractivity contribution in [1.29, 1.82) is 0 Å². The van der Waals surface area contributed by atoms with Crippen molar-refractivity contribution >= 4 is 17.4 Å². The molecular weight excluding hydrogens is 316 g/mol. The second-order valence-corrected chi connectivity index (χ2v) is 6.83. The molecule has 1 N–H and O–H groups in total. The Bertz CT molecular complexity index is 785. The molecule has 0 unspecified atom stereocenters. The van der Waals surface area contributed by atoms with Crippen LogP contribution in [0.3, 0.4) is 0 Å². The van der Waals surface area contributed by atoms with Crippen molar-refractivity contribution in [3.63, 3.8) is 0 Å². The van der Waals surface area contributed by atoms with Gasteiger partial charge < -0.3 is 14.9 Å². The smallest absolute Gasteiger partial charge is 0.278 e. The Morgan fingerprint density at radius 3 is 2.64 bits per heavy atom. The number of amides is 1. The minimum Gasteiger partial charge on any atom is -0.506 e. The second kappa shape index (κ2) is 6.35. The van der Waals surface area contributed by atoms with E-state index in [2.05, 4.69) is 22.0 Å². The summed E-state index contributed by atoms with van der Waals surface area (Å²) >= 11 is 0.